The molecule has 0 saturated carbocycles. The molecule has 0 unspecified atom stereocenters. The maximum Gasteiger partial charge on any atom is 0.924 e. The molecule has 6 nitrogen and oxygen atoms in total. The molecule has 2 aliphatic rings. The molecule has 2 saturated heterocycles. The topological polar surface area (TPSA) is 71.1 Å². The predicted molar refractivity (Wildman–Crippen MR) is 23.0 cm³/mol. The molecule has 0 bridgehead atoms. The van der Waals surface area contributed by atoms with E-state index in [-0.39, 0.29) is 0 Å². The van der Waals surface area contributed by atoms with Crippen molar-refractivity contribution in [2.45, 2.75) is 0 Å². The molecular formula is O6Si3. The largest absolute Gasteiger partial charge is 0.924 e. The maximum atomic E-state index is 10.1. The van der Waals surface area contributed by atoms with E-state index in [1.807, 2.05) is 0 Å². The van der Waals surface area contributed by atoms with Gasteiger partial charge in [-0.25, -0.2) is 0 Å². The molecule has 0 N–H and O–H groups in total. The molecule has 0 aromatic rings. The lowest BCUT2D eigenvalue weighted by Crippen LogP contribution is -2.71. The summed E-state index contributed by atoms with van der Waals surface area (Å²) in [5.41, 5.74) is 0. The van der Waals surface area contributed by atoms with Gasteiger partial charge in [-0.2, -0.15) is 0 Å². The summed E-state index contributed by atoms with van der Waals surface area (Å²) in [7, 11) is -7.64. The molecule has 2 rings (SSSR count). The quantitative estimate of drug-likeness (QED) is 0.416. The monoisotopic (exact) mass is 180 g/mol. The van der Waals surface area contributed by atoms with Gasteiger partial charge in [-0.05, 0) is 0 Å². The Morgan fingerprint density at radius 1 is 0.889 bits per heavy atom. The number of hydrogen-bond donors (Lipinski definition) is 0. The second-order valence-corrected chi connectivity index (χ2v) is 6.67. The first-order chi connectivity index (χ1) is 4.20. The van der Waals surface area contributed by atoms with Gasteiger partial charge >= 0.3 is 27.4 Å². The Bertz CT molecular complexity index is 153. The van der Waals surface area contributed by atoms with Crippen LogP contribution in [-0.2, 0) is 25.4 Å². The maximum absolute atomic E-state index is 10.1. The Morgan fingerprint density at radius 2 is 1.22 bits per heavy atom. The van der Waals surface area contributed by atoms with Crippen molar-refractivity contribution in [3.05, 3.63) is 0 Å². The molecule has 0 atom stereocenters. The lowest BCUT2D eigenvalue weighted by Gasteiger charge is -2.37. The fraction of sp³-hybridized carbons (Fsp3) is 0. The van der Waals surface area contributed by atoms with Gasteiger partial charge < -0.3 is 16.5 Å². The van der Waals surface area contributed by atoms with Gasteiger partial charge in [0.05, 0.1) is 0 Å². The first-order valence-corrected chi connectivity index (χ1v) is 6.12. The minimum atomic E-state index is -2.95. The minimum Gasteiger partial charge on any atom is -0.462 e. The summed E-state index contributed by atoms with van der Waals surface area (Å²) in [5, 5.41) is 0. The van der Waals surface area contributed by atoms with Crippen LogP contribution in [0.5, 0.6) is 0 Å². The van der Waals surface area contributed by atoms with Gasteiger partial charge in [-0.3, -0.25) is 8.92 Å². The van der Waals surface area contributed by atoms with Gasteiger partial charge in [0.1, 0.15) is 0 Å². The molecule has 0 aliphatic carbocycles. The highest BCUT2D eigenvalue weighted by Crippen LogP contribution is 2.27. The molecule has 0 aromatic heterocycles. The van der Waals surface area contributed by atoms with Crippen molar-refractivity contribution in [2.24, 2.45) is 0 Å². The molecular weight excluding hydrogens is 180 g/mol. The van der Waals surface area contributed by atoms with Crippen LogP contribution in [0.1, 0.15) is 0 Å². The Hall–Kier alpha value is -0.549. The van der Waals surface area contributed by atoms with E-state index in [1.165, 1.54) is 0 Å². The minimum absolute atomic E-state index is 2.34. The van der Waals surface area contributed by atoms with Crippen LogP contribution in [0.3, 0.4) is 0 Å². The smallest absolute Gasteiger partial charge is 0.462 e. The lowest BCUT2D eigenvalue weighted by molar-refractivity contribution is -0.00336. The highest BCUT2D eigenvalue weighted by atomic mass is 28.6. The van der Waals surface area contributed by atoms with Crippen molar-refractivity contribution in [3.8, 4) is 0 Å². The Labute approximate surface area is 53.6 Å². The molecule has 2 heterocycles. The van der Waals surface area contributed by atoms with E-state index in [1.54, 1.807) is 0 Å². The zero-order valence-corrected chi connectivity index (χ0v) is 6.95. The van der Waals surface area contributed by atoms with Crippen molar-refractivity contribution < 1.29 is 25.4 Å². The fourth-order valence-corrected chi connectivity index (χ4v) is 6.06. The predicted octanol–water partition coefficient (Wildman–Crippen LogP) is -1.65. The number of hydrogen-bond acceptors (Lipinski definition) is 6. The summed E-state index contributed by atoms with van der Waals surface area (Å²) < 4.78 is 38.2. The molecule has 9 heteroatoms. The average molecular weight is 180 g/mol. The van der Waals surface area contributed by atoms with Gasteiger partial charge in [0.2, 0.25) is 0 Å². The van der Waals surface area contributed by atoms with Gasteiger partial charge in [0.15, 0.2) is 0 Å². The summed E-state index contributed by atoms with van der Waals surface area (Å²) in [6.07, 6.45) is 0. The summed E-state index contributed by atoms with van der Waals surface area (Å²) in [5.74, 6) is 0. The van der Waals surface area contributed by atoms with Gasteiger partial charge in [0.25, 0.3) is 0 Å². The third-order valence-corrected chi connectivity index (χ3v) is 7.50. The van der Waals surface area contributed by atoms with Crippen LogP contribution in [0, 0.1) is 0 Å². The van der Waals surface area contributed by atoms with Gasteiger partial charge in [-0.15, -0.1) is 0 Å². The molecule has 0 radical (unpaired) electrons. The highest BCUT2D eigenvalue weighted by Gasteiger charge is 2.78. The van der Waals surface area contributed by atoms with Crippen molar-refractivity contribution in [3.63, 3.8) is 0 Å². The van der Waals surface area contributed by atoms with Crippen molar-refractivity contribution in [2.75, 3.05) is 0 Å². The Balaban J connectivity index is 2.01. The van der Waals surface area contributed by atoms with E-state index in [0.29, 0.717) is 0 Å². The van der Waals surface area contributed by atoms with Crippen molar-refractivity contribution >= 4 is 27.4 Å². The standard InChI is InChI=1S/O6Si3/c1-7-3-9(4-7)5-8(2)6-9. The highest BCUT2D eigenvalue weighted by molar-refractivity contribution is 6.83. The lowest BCUT2D eigenvalue weighted by atomic mass is 15.5. The molecule has 48 valence electrons. The van der Waals surface area contributed by atoms with Gasteiger partial charge in [0, 0.05) is 0 Å². The summed E-state index contributed by atoms with van der Waals surface area (Å²) in [6.45, 7) is 0. The van der Waals surface area contributed by atoms with Crippen LogP contribution in [0.25, 0.3) is 0 Å². The molecule has 0 amide bonds. The Kier molecular flexibility index (Phi) is 0.758. The second kappa shape index (κ2) is 1.30. The molecule has 2 aliphatic heterocycles. The SMILES string of the molecule is O=[Si]1O[Si]2(O1)O[Si](=O)O2. The first kappa shape index (κ1) is 5.25. The van der Waals surface area contributed by atoms with E-state index in [9.17, 15) is 8.92 Å². The Morgan fingerprint density at radius 3 is 1.44 bits per heavy atom. The van der Waals surface area contributed by atoms with Crippen LogP contribution in [0.2, 0.25) is 0 Å². The average Bonchev–Trinajstić information content (AvgIpc) is 1.58. The van der Waals surface area contributed by atoms with E-state index < -0.39 is 27.4 Å². The van der Waals surface area contributed by atoms with Crippen LogP contribution in [0.4, 0.5) is 0 Å². The first-order valence-electron chi connectivity index (χ1n) is 2.04. The summed E-state index contributed by atoms with van der Waals surface area (Å²) in [4.78, 5) is 0. The second-order valence-electron chi connectivity index (χ2n) is 1.41. The van der Waals surface area contributed by atoms with Crippen LogP contribution in [0.15, 0.2) is 0 Å². The normalized spacial score (nSPS) is 26.2. The van der Waals surface area contributed by atoms with Crippen molar-refractivity contribution in [1.82, 2.24) is 0 Å². The number of rotatable bonds is 0. The van der Waals surface area contributed by atoms with Crippen LogP contribution in [-0.4, -0.2) is 27.4 Å². The third-order valence-electron chi connectivity index (χ3n) is 0.833. The van der Waals surface area contributed by atoms with Gasteiger partial charge in [-0.1, -0.05) is 0 Å². The van der Waals surface area contributed by atoms with Crippen LogP contribution < -0.4 is 0 Å². The van der Waals surface area contributed by atoms with E-state index >= 15 is 0 Å². The summed E-state index contributed by atoms with van der Waals surface area (Å²) in [6, 6.07) is 0. The molecule has 9 heavy (non-hydrogen) atoms. The van der Waals surface area contributed by atoms with Crippen LogP contribution >= 0.6 is 0 Å². The molecule has 1 spiro atoms. The molecule has 0 aromatic carbocycles. The van der Waals surface area contributed by atoms with E-state index in [2.05, 4.69) is 16.5 Å². The third kappa shape index (κ3) is 0.585. The zero-order valence-electron chi connectivity index (χ0n) is 3.95. The molecule has 2 fully saturated rings. The summed E-state index contributed by atoms with van der Waals surface area (Å²) >= 11 is 0. The van der Waals surface area contributed by atoms with E-state index in [4.69, 9.17) is 0 Å². The zero-order chi connectivity index (χ0) is 6.48. The fourth-order valence-electron chi connectivity index (χ4n) is 0.507. The van der Waals surface area contributed by atoms with E-state index in [0.717, 1.165) is 0 Å². The van der Waals surface area contributed by atoms with Crippen molar-refractivity contribution in [1.29, 1.82) is 0 Å².